The summed E-state index contributed by atoms with van der Waals surface area (Å²) in [6, 6.07) is 0. The Kier molecular flexibility index (Phi) is 2.38. The van der Waals surface area contributed by atoms with Crippen LogP contribution in [0.25, 0.3) is 0 Å². The number of nitrogens with zero attached hydrogens (tertiary/aromatic N) is 1. The Balaban J connectivity index is 2.48. The van der Waals surface area contributed by atoms with Gasteiger partial charge >= 0.3 is 0 Å². The van der Waals surface area contributed by atoms with E-state index >= 15 is 0 Å². The molecule has 3 heteroatoms. The topological polar surface area (TPSA) is 55.4 Å². The van der Waals surface area contributed by atoms with E-state index in [1.165, 1.54) is 12.8 Å². The first kappa shape index (κ1) is 7.66. The maximum absolute atomic E-state index is 10.3. The summed E-state index contributed by atoms with van der Waals surface area (Å²) in [6.07, 6.45) is 6.07. The first-order valence-corrected chi connectivity index (χ1v) is 3.90. The van der Waals surface area contributed by atoms with Crippen LogP contribution in [0.15, 0.2) is 5.18 Å². The van der Waals surface area contributed by atoms with E-state index < -0.39 is 5.66 Å². The average molecular weight is 142 g/mol. The van der Waals surface area contributed by atoms with Crippen LogP contribution in [0.3, 0.4) is 0 Å². The van der Waals surface area contributed by atoms with Crippen molar-refractivity contribution in [3.05, 3.63) is 4.91 Å². The van der Waals surface area contributed by atoms with Crippen LogP contribution in [-0.2, 0) is 0 Å². The Morgan fingerprint density at radius 3 is 2.00 bits per heavy atom. The number of rotatable bonds is 1. The molecule has 0 bridgehead atoms. The van der Waals surface area contributed by atoms with E-state index in [1.807, 2.05) is 0 Å². The van der Waals surface area contributed by atoms with Crippen LogP contribution in [0.2, 0.25) is 0 Å². The van der Waals surface area contributed by atoms with Crippen LogP contribution < -0.4 is 5.73 Å². The number of nitrogens with two attached hydrogens (primary N) is 1. The fourth-order valence-corrected chi connectivity index (χ4v) is 1.43. The summed E-state index contributed by atoms with van der Waals surface area (Å²) in [5.74, 6) is 0. The van der Waals surface area contributed by atoms with Gasteiger partial charge in [0.15, 0.2) is 0 Å². The minimum atomic E-state index is -0.726. The summed E-state index contributed by atoms with van der Waals surface area (Å²) >= 11 is 0. The first-order chi connectivity index (χ1) is 4.77. The lowest BCUT2D eigenvalue weighted by Gasteiger charge is -2.17. The van der Waals surface area contributed by atoms with Gasteiger partial charge in [-0.1, -0.05) is 12.8 Å². The molecule has 0 heterocycles. The zero-order chi connectivity index (χ0) is 7.45. The van der Waals surface area contributed by atoms with Gasteiger partial charge in [0.1, 0.15) is 5.66 Å². The number of nitroso groups, excluding NO2 is 1. The maximum atomic E-state index is 10.3. The molecule has 0 aromatic carbocycles. The van der Waals surface area contributed by atoms with Crippen molar-refractivity contribution in [3.63, 3.8) is 0 Å². The third-order valence-electron chi connectivity index (χ3n) is 2.15. The van der Waals surface area contributed by atoms with Crippen LogP contribution in [0.1, 0.15) is 38.5 Å². The van der Waals surface area contributed by atoms with Gasteiger partial charge in [-0.25, -0.2) is 0 Å². The second-order valence-corrected chi connectivity index (χ2v) is 3.11. The molecule has 0 spiro atoms. The molecule has 58 valence electrons. The predicted octanol–water partition coefficient (Wildman–Crippen LogP) is 1.76. The molecule has 0 amide bonds. The summed E-state index contributed by atoms with van der Waals surface area (Å²) < 4.78 is 0. The second kappa shape index (κ2) is 3.10. The summed E-state index contributed by atoms with van der Waals surface area (Å²) in [5, 5.41) is 2.97. The third kappa shape index (κ3) is 1.77. The van der Waals surface area contributed by atoms with Crippen molar-refractivity contribution in [2.24, 2.45) is 10.9 Å². The first-order valence-electron chi connectivity index (χ1n) is 3.90. The molecule has 1 rings (SSSR count). The van der Waals surface area contributed by atoms with E-state index in [0.717, 1.165) is 25.7 Å². The van der Waals surface area contributed by atoms with E-state index in [9.17, 15) is 4.91 Å². The predicted molar refractivity (Wildman–Crippen MR) is 40.4 cm³/mol. The monoisotopic (exact) mass is 142 g/mol. The van der Waals surface area contributed by atoms with E-state index in [4.69, 9.17) is 5.73 Å². The van der Waals surface area contributed by atoms with E-state index in [1.54, 1.807) is 0 Å². The highest BCUT2D eigenvalue weighted by atomic mass is 16.3. The van der Waals surface area contributed by atoms with Gasteiger partial charge < -0.3 is 5.73 Å². The molecule has 0 radical (unpaired) electrons. The van der Waals surface area contributed by atoms with Gasteiger partial charge in [-0.2, -0.15) is 0 Å². The molecule has 1 aliphatic rings. The van der Waals surface area contributed by atoms with Crippen molar-refractivity contribution >= 4 is 0 Å². The Labute approximate surface area is 61.0 Å². The fourth-order valence-electron chi connectivity index (χ4n) is 1.43. The number of hydrogen-bond acceptors (Lipinski definition) is 3. The summed E-state index contributed by atoms with van der Waals surface area (Å²) in [7, 11) is 0. The molecule has 3 nitrogen and oxygen atoms in total. The lowest BCUT2D eigenvalue weighted by atomic mass is 10.0. The molecule has 0 saturated heterocycles. The summed E-state index contributed by atoms with van der Waals surface area (Å²) in [5.41, 5.74) is 4.95. The van der Waals surface area contributed by atoms with E-state index in [0.29, 0.717) is 0 Å². The number of hydrogen-bond donors (Lipinski definition) is 1. The highest BCUT2D eigenvalue weighted by Crippen LogP contribution is 2.25. The van der Waals surface area contributed by atoms with Gasteiger partial charge in [-0.15, -0.1) is 4.91 Å². The lowest BCUT2D eigenvalue weighted by molar-refractivity contribution is 0.386. The minimum absolute atomic E-state index is 0.726. The Morgan fingerprint density at radius 1 is 1.10 bits per heavy atom. The highest BCUT2D eigenvalue weighted by Gasteiger charge is 2.26. The normalized spacial score (nSPS) is 25.3. The molecule has 0 atom stereocenters. The van der Waals surface area contributed by atoms with Gasteiger partial charge in [0.25, 0.3) is 0 Å². The van der Waals surface area contributed by atoms with Crippen molar-refractivity contribution in [1.82, 2.24) is 0 Å². The molecule has 0 aromatic rings. The Morgan fingerprint density at radius 2 is 1.60 bits per heavy atom. The van der Waals surface area contributed by atoms with Gasteiger partial charge in [0.2, 0.25) is 0 Å². The van der Waals surface area contributed by atoms with Crippen LogP contribution >= 0.6 is 0 Å². The van der Waals surface area contributed by atoms with Gasteiger partial charge in [-0.05, 0) is 30.9 Å². The second-order valence-electron chi connectivity index (χ2n) is 3.11. The largest absolute Gasteiger partial charge is 0.304 e. The smallest absolute Gasteiger partial charge is 0.150 e. The van der Waals surface area contributed by atoms with E-state index in [-0.39, 0.29) is 0 Å². The van der Waals surface area contributed by atoms with Gasteiger partial charge in [-0.3, -0.25) is 0 Å². The molecule has 1 aliphatic carbocycles. The molecule has 0 aliphatic heterocycles. The molecule has 2 N–H and O–H groups in total. The van der Waals surface area contributed by atoms with Crippen molar-refractivity contribution < 1.29 is 0 Å². The SMILES string of the molecule is NC1(N=O)CCCCCC1. The van der Waals surface area contributed by atoms with Crippen molar-refractivity contribution in [1.29, 1.82) is 0 Å². The quantitative estimate of drug-likeness (QED) is 0.448. The molecule has 0 unspecified atom stereocenters. The molecule has 0 aromatic heterocycles. The van der Waals surface area contributed by atoms with Crippen molar-refractivity contribution in [2.45, 2.75) is 44.2 Å². The Hall–Kier alpha value is -0.440. The average Bonchev–Trinajstić information content (AvgIpc) is 2.15. The highest BCUT2D eigenvalue weighted by molar-refractivity contribution is 4.82. The fraction of sp³-hybridized carbons (Fsp3) is 1.00. The zero-order valence-corrected chi connectivity index (χ0v) is 6.18. The lowest BCUT2D eigenvalue weighted by Crippen LogP contribution is -2.36. The molecule has 10 heavy (non-hydrogen) atoms. The summed E-state index contributed by atoms with van der Waals surface area (Å²) in [4.78, 5) is 10.3. The minimum Gasteiger partial charge on any atom is -0.304 e. The molecule has 1 fully saturated rings. The van der Waals surface area contributed by atoms with Crippen LogP contribution in [0.5, 0.6) is 0 Å². The van der Waals surface area contributed by atoms with Gasteiger partial charge in [0.05, 0.1) is 0 Å². The summed E-state index contributed by atoms with van der Waals surface area (Å²) in [6.45, 7) is 0. The molecule has 1 saturated carbocycles. The van der Waals surface area contributed by atoms with Crippen LogP contribution in [-0.4, -0.2) is 5.66 Å². The molecular weight excluding hydrogens is 128 g/mol. The third-order valence-corrected chi connectivity index (χ3v) is 2.15. The van der Waals surface area contributed by atoms with Crippen molar-refractivity contribution in [3.8, 4) is 0 Å². The van der Waals surface area contributed by atoms with Gasteiger partial charge in [0, 0.05) is 0 Å². The zero-order valence-electron chi connectivity index (χ0n) is 6.18. The van der Waals surface area contributed by atoms with Crippen LogP contribution in [0.4, 0.5) is 0 Å². The Bertz CT molecular complexity index is 117. The maximum Gasteiger partial charge on any atom is 0.150 e. The molecular formula is C7H14N2O. The van der Waals surface area contributed by atoms with E-state index in [2.05, 4.69) is 5.18 Å². The van der Waals surface area contributed by atoms with Crippen molar-refractivity contribution in [2.75, 3.05) is 0 Å². The van der Waals surface area contributed by atoms with Crippen LogP contribution in [0, 0.1) is 4.91 Å². The standard InChI is InChI=1S/C7H14N2O/c8-7(9-10)5-3-1-2-4-6-7/h1-6,8H2.